The number of unbranched alkanes of at least 4 members (excludes halogenated alkanes) is 2. The van der Waals surface area contributed by atoms with Crippen LogP contribution in [0, 0.1) is 24.7 Å². The third-order valence-electron chi connectivity index (χ3n) is 12.0. The molecule has 60 heavy (non-hydrogen) atoms. The molecule has 14 heteroatoms. The van der Waals surface area contributed by atoms with Crippen molar-refractivity contribution in [3.8, 4) is 11.5 Å². The number of amides is 1. The van der Waals surface area contributed by atoms with Gasteiger partial charge in [-0.15, -0.1) is 6.58 Å². The first kappa shape index (κ1) is 45.5. The van der Waals surface area contributed by atoms with E-state index in [2.05, 4.69) is 23.7 Å². The topological polar surface area (TPSA) is 171 Å². The quantitative estimate of drug-likeness (QED) is 0.0624. The average molecular weight is 836 g/mol. The number of aromatic nitrogens is 1. The van der Waals surface area contributed by atoms with Crippen molar-refractivity contribution in [1.82, 2.24) is 9.88 Å². The summed E-state index contributed by atoms with van der Waals surface area (Å²) < 4.78 is 38.2. The molecule has 1 saturated carbocycles. The number of pyridine rings is 1. The molecule has 1 amide bonds. The van der Waals surface area contributed by atoms with Gasteiger partial charge in [0.25, 0.3) is 0 Å². The number of aliphatic hydroxyl groups excluding tert-OH is 3. The maximum atomic E-state index is 14.2. The highest BCUT2D eigenvalue weighted by Gasteiger charge is 2.65. The van der Waals surface area contributed by atoms with Crippen LogP contribution in [0.5, 0.6) is 11.5 Å². The van der Waals surface area contributed by atoms with Crippen LogP contribution >= 0.6 is 0 Å². The van der Waals surface area contributed by atoms with Crippen LogP contribution in [0.25, 0.3) is 0 Å². The summed E-state index contributed by atoms with van der Waals surface area (Å²) in [6.45, 7) is 9.27. The molecule has 1 aromatic carbocycles. The van der Waals surface area contributed by atoms with Crippen LogP contribution in [-0.2, 0) is 30.4 Å². The van der Waals surface area contributed by atoms with Crippen LogP contribution in [0.1, 0.15) is 94.0 Å². The van der Waals surface area contributed by atoms with Crippen LogP contribution in [0.4, 0.5) is 4.79 Å². The molecule has 6 rings (SSSR count). The minimum Gasteiger partial charge on any atom is -0.487 e. The Bertz CT molecular complexity index is 1750. The van der Waals surface area contributed by atoms with Gasteiger partial charge >= 0.3 is 6.09 Å². The Morgan fingerprint density at radius 1 is 1.07 bits per heavy atom. The minimum atomic E-state index is -1.46. The van der Waals surface area contributed by atoms with E-state index in [1.165, 1.54) is 0 Å². The number of oxime groups is 1. The maximum absolute atomic E-state index is 14.2. The summed E-state index contributed by atoms with van der Waals surface area (Å²) in [7, 11) is 0. The molecule has 0 spiro atoms. The molecule has 330 valence electrons. The fourth-order valence-electron chi connectivity index (χ4n) is 9.40. The van der Waals surface area contributed by atoms with Crippen molar-refractivity contribution in [3.05, 3.63) is 77.7 Å². The number of aryl methyl sites for hydroxylation is 1. The van der Waals surface area contributed by atoms with Crippen molar-refractivity contribution in [2.24, 2.45) is 22.9 Å². The first-order valence-electron chi connectivity index (χ1n) is 21.9. The maximum Gasteiger partial charge on any atom is 0.410 e. The molecule has 2 aliphatic heterocycles. The molecule has 1 aromatic heterocycles. The number of carbonyl (C=O) groups excluding carboxylic acids is 1. The SMILES string of the molecule is C=CCO[C@@]12Oc3ccc(OCc4cccc(C)n4)cc3[C@H]3[C@H](CCCCO)[C@@H](CCCCO)C=C(C(=NOC4CCCCO4)C[C@@H]1N(CCOCCO)C(=O)OCC)[C@H]32. The summed E-state index contributed by atoms with van der Waals surface area (Å²) in [5, 5.41) is 34.2. The van der Waals surface area contributed by atoms with Crippen LogP contribution in [0.15, 0.2) is 65.9 Å². The monoisotopic (exact) mass is 835 g/mol. The molecule has 3 heterocycles. The number of rotatable bonds is 23. The van der Waals surface area contributed by atoms with Gasteiger partial charge in [0.05, 0.1) is 57.0 Å². The Morgan fingerprint density at radius 2 is 1.90 bits per heavy atom. The number of aliphatic hydroxyl groups is 3. The van der Waals surface area contributed by atoms with E-state index in [4.69, 9.17) is 38.4 Å². The van der Waals surface area contributed by atoms with Crippen molar-refractivity contribution < 1.29 is 53.4 Å². The molecule has 2 aromatic rings. The number of fused-ring (bicyclic) bond motifs is 2. The third kappa shape index (κ3) is 10.9. The second-order valence-electron chi connectivity index (χ2n) is 16.0. The standard InChI is InChI=1S/C46H65N3O11/c1-4-24-58-46-41(49(45(53)55-5-2)20-26-54-27-23-52)30-39(48-60-42-17-8-11-25-56-42)37-28-33(14-6-9-21-50)36(16-7-10-22-51)43(44(37)46)38-29-35(18-19-40(38)59-46)57-31-34-15-12-13-32(3)47-34/h4,12-13,15,18-19,28-29,33,36,41-44,50-52H,1,5-11,14,16-17,20-27,30-31H2,2-3H3/t33-,36+,41-,42?,43+,44+,46+/m0/s1. The van der Waals surface area contributed by atoms with Crippen molar-refractivity contribution in [1.29, 1.82) is 0 Å². The second kappa shape index (κ2) is 22.7. The van der Waals surface area contributed by atoms with Gasteiger partial charge in [-0.3, -0.25) is 9.88 Å². The Morgan fingerprint density at radius 3 is 2.63 bits per heavy atom. The van der Waals surface area contributed by atoms with E-state index in [-0.39, 0.29) is 83.6 Å². The zero-order valence-corrected chi connectivity index (χ0v) is 35.4. The highest BCUT2D eigenvalue weighted by molar-refractivity contribution is 6.03. The zero-order chi connectivity index (χ0) is 42.3. The molecule has 7 atom stereocenters. The summed E-state index contributed by atoms with van der Waals surface area (Å²) in [5.41, 5.74) is 4.26. The van der Waals surface area contributed by atoms with Gasteiger partial charge in [-0.05, 0) is 100 Å². The van der Waals surface area contributed by atoms with E-state index >= 15 is 0 Å². The summed E-state index contributed by atoms with van der Waals surface area (Å²) >= 11 is 0. The minimum absolute atomic E-state index is 0.0403. The van der Waals surface area contributed by atoms with E-state index in [0.717, 1.165) is 61.0 Å². The van der Waals surface area contributed by atoms with Crippen LogP contribution in [0.3, 0.4) is 0 Å². The van der Waals surface area contributed by atoms with Crippen molar-refractivity contribution in [3.63, 3.8) is 0 Å². The molecule has 3 N–H and O–H groups in total. The number of carbonyl (C=O) groups is 1. The fourth-order valence-corrected chi connectivity index (χ4v) is 9.40. The van der Waals surface area contributed by atoms with Crippen LogP contribution in [-0.4, -0.2) is 115 Å². The number of hydrogen-bond acceptors (Lipinski definition) is 13. The van der Waals surface area contributed by atoms with Crippen molar-refractivity contribution >= 4 is 11.8 Å². The molecule has 14 nitrogen and oxygen atoms in total. The Labute approximate surface area is 354 Å². The van der Waals surface area contributed by atoms with Gasteiger partial charge in [-0.25, -0.2) is 4.79 Å². The summed E-state index contributed by atoms with van der Waals surface area (Å²) in [6.07, 6.45) is 10.3. The number of benzene rings is 1. The van der Waals surface area contributed by atoms with Gasteiger partial charge in [0.1, 0.15) is 24.1 Å². The average Bonchev–Trinajstić information content (AvgIpc) is 3.26. The summed E-state index contributed by atoms with van der Waals surface area (Å²) in [6, 6.07) is 11.0. The van der Waals surface area contributed by atoms with Gasteiger partial charge in [0, 0.05) is 49.8 Å². The van der Waals surface area contributed by atoms with Crippen LogP contribution < -0.4 is 9.47 Å². The van der Waals surface area contributed by atoms with E-state index in [1.807, 2.05) is 37.3 Å². The fraction of sp³-hybridized carbons (Fsp3) is 0.630. The van der Waals surface area contributed by atoms with E-state index in [0.29, 0.717) is 43.1 Å². The Kier molecular flexibility index (Phi) is 17.2. The predicted octanol–water partition coefficient (Wildman–Crippen LogP) is 6.60. The zero-order valence-electron chi connectivity index (χ0n) is 35.4. The van der Waals surface area contributed by atoms with Crippen molar-refractivity contribution in [2.45, 2.75) is 109 Å². The molecule has 1 saturated heterocycles. The first-order valence-corrected chi connectivity index (χ1v) is 21.9. The first-order chi connectivity index (χ1) is 29.4. The highest BCUT2D eigenvalue weighted by Crippen LogP contribution is 2.62. The predicted molar refractivity (Wildman–Crippen MR) is 225 cm³/mol. The molecule has 0 bridgehead atoms. The lowest BCUT2D eigenvalue weighted by atomic mass is 9.55. The largest absolute Gasteiger partial charge is 0.487 e. The number of ether oxygens (including phenoxy) is 6. The lowest BCUT2D eigenvalue weighted by Gasteiger charge is -2.59. The highest BCUT2D eigenvalue weighted by atomic mass is 16.8. The number of allylic oxidation sites excluding steroid dienone is 1. The van der Waals surface area contributed by atoms with Crippen molar-refractivity contribution in [2.75, 3.05) is 59.4 Å². The molecule has 0 radical (unpaired) electrons. The summed E-state index contributed by atoms with van der Waals surface area (Å²) in [4.78, 5) is 26.7. The van der Waals surface area contributed by atoms with Gasteiger partial charge in [0.2, 0.25) is 12.1 Å². The molecular formula is C46H65N3O11. The molecule has 4 aliphatic rings. The van der Waals surface area contributed by atoms with Crippen LogP contribution in [0.2, 0.25) is 0 Å². The summed E-state index contributed by atoms with van der Waals surface area (Å²) in [5.74, 6) is -0.811. The van der Waals surface area contributed by atoms with Gasteiger partial charge in [-0.2, -0.15) is 0 Å². The number of hydrogen-bond donors (Lipinski definition) is 3. The lowest BCUT2D eigenvalue weighted by molar-refractivity contribution is -0.256. The van der Waals surface area contributed by atoms with Gasteiger partial charge in [-0.1, -0.05) is 36.2 Å². The molecule has 2 fully saturated rings. The van der Waals surface area contributed by atoms with Gasteiger partial charge in [0.15, 0.2) is 0 Å². The van der Waals surface area contributed by atoms with E-state index in [1.54, 1.807) is 17.9 Å². The Hall–Kier alpha value is -4.05. The molecular weight excluding hydrogens is 771 g/mol. The Balaban J connectivity index is 1.55. The molecule has 2 aliphatic carbocycles. The number of nitrogens with zero attached hydrogens (tertiary/aromatic N) is 3. The van der Waals surface area contributed by atoms with E-state index < -0.39 is 30.1 Å². The van der Waals surface area contributed by atoms with Gasteiger partial charge < -0.3 is 48.6 Å². The molecule has 1 unspecified atom stereocenters. The smallest absolute Gasteiger partial charge is 0.410 e. The normalized spacial score (nSPS) is 26.3. The second-order valence-corrected chi connectivity index (χ2v) is 16.0. The lowest BCUT2D eigenvalue weighted by Crippen LogP contribution is -2.70. The van der Waals surface area contributed by atoms with E-state index in [9.17, 15) is 20.1 Å². The third-order valence-corrected chi connectivity index (χ3v) is 12.0.